The Bertz CT molecular complexity index is 607. The van der Waals surface area contributed by atoms with E-state index in [2.05, 4.69) is 15.4 Å². The third-order valence-electron chi connectivity index (χ3n) is 4.27. The van der Waals surface area contributed by atoms with E-state index < -0.39 is 5.91 Å². The molecule has 6 nitrogen and oxygen atoms in total. The zero-order valence-electron chi connectivity index (χ0n) is 14.3. The number of fused-ring (bicyclic) bond motifs is 1. The maximum absolute atomic E-state index is 11.5. The average molecular weight is 329 g/mol. The third-order valence-corrected chi connectivity index (χ3v) is 4.27. The fourth-order valence-corrected chi connectivity index (χ4v) is 3.20. The summed E-state index contributed by atoms with van der Waals surface area (Å²) >= 11 is 0. The molecule has 0 aromatic heterocycles. The Balaban J connectivity index is 2.12. The molecule has 128 valence electrons. The first-order valence-electron chi connectivity index (χ1n) is 8.19. The van der Waals surface area contributed by atoms with Crippen molar-refractivity contribution in [3.8, 4) is 5.75 Å². The van der Waals surface area contributed by atoms with Gasteiger partial charge in [0.2, 0.25) is 0 Å². The van der Waals surface area contributed by atoms with Gasteiger partial charge < -0.3 is 15.3 Å². The molecule has 0 bridgehead atoms. The minimum atomic E-state index is -0.404. The summed E-state index contributed by atoms with van der Waals surface area (Å²) in [6.07, 6.45) is 3.98. The highest BCUT2D eigenvalue weighted by Gasteiger charge is 2.19. The van der Waals surface area contributed by atoms with E-state index in [1.54, 1.807) is 7.11 Å². The zero-order chi connectivity index (χ0) is 17.5. The third kappa shape index (κ3) is 4.74. The predicted octanol–water partition coefficient (Wildman–Crippen LogP) is 0.592. The largest absolute Gasteiger partial charge is 0.496 e. The summed E-state index contributed by atoms with van der Waals surface area (Å²) in [5.74, 6) is 0.486. The second kappa shape index (κ2) is 8.73. The van der Waals surface area contributed by atoms with Crippen LogP contribution in [0.4, 0.5) is 0 Å². The predicted molar refractivity (Wildman–Crippen MR) is 94.5 cm³/mol. The maximum Gasteiger partial charge on any atom is 0.266 e. The van der Waals surface area contributed by atoms with Gasteiger partial charge in [-0.15, -0.1) is 0 Å². The van der Waals surface area contributed by atoms with Gasteiger partial charge in [0, 0.05) is 19.1 Å². The number of carbonyl (C=O) groups is 1. The summed E-state index contributed by atoms with van der Waals surface area (Å²) < 4.78 is 5.49. The van der Waals surface area contributed by atoms with Gasteiger partial charge in [0.15, 0.2) is 0 Å². The van der Waals surface area contributed by atoms with Gasteiger partial charge in [0.25, 0.3) is 5.91 Å². The quantitative estimate of drug-likeness (QED) is 0.359. The number of nitrogens with zero attached hydrogens (tertiary/aromatic N) is 2. The molecule has 24 heavy (non-hydrogen) atoms. The van der Waals surface area contributed by atoms with E-state index in [-0.39, 0.29) is 6.04 Å². The fourth-order valence-electron chi connectivity index (χ4n) is 3.20. The van der Waals surface area contributed by atoms with Crippen molar-refractivity contribution in [3.05, 3.63) is 23.3 Å². The molecule has 2 N–H and O–H groups in total. The molecule has 1 aromatic rings. The molecule has 2 radical (unpaired) electrons. The Morgan fingerprint density at radius 1 is 1.50 bits per heavy atom. The first kappa shape index (κ1) is 18.3. The van der Waals surface area contributed by atoms with E-state index in [0.717, 1.165) is 55.3 Å². The van der Waals surface area contributed by atoms with Crippen LogP contribution in [-0.4, -0.2) is 56.3 Å². The minimum absolute atomic E-state index is 0.0646. The number of benzene rings is 1. The van der Waals surface area contributed by atoms with Crippen LogP contribution in [0, 0.1) is 0 Å². The van der Waals surface area contributed by atoms with E-state index in [9.17, 15) is 4.79 Å². The van der Waals surface area contributed by atoms with Crippen molar-refractivity contribution in [1.82, 2.24) is 10.2 Å². The van der Waals surface area contributed by atoms with Crippen molar-refractivity contribution in [3.63, 3.8) is 0 Å². The molecule has 1 aromatic carbocycles. The molecule has 1 amide bonds. The van der Waals surface area contributed by atoms with Crippen LogP contribution in [0.2, 0.25) is 0 Å². The molecule has 1 atom stereocenters. The molecule has 2 rings (SSSR count). The number of nitrogens with one attached hydrogen (secondary N) is 1. The Morgan fingerprint density at radius 2 is 2.29 bits per heavy atom. The second-order valence-corrected chi connectivity index (χ2v) is 6.16. The van der Waals surface area contributed by atoms with Crippen molar-refractivity contribution in [2.24, 2.45) is 5.16 Å². The molecule has 0 aliphatic carbocycles. The van der Waals surface area contributed by atoms with E-state index in [1.165, 1.54) is 5.56 Å². The number of rotatable bonds is 5. The van der Waals surface area contributed by atoms with Gasteiger partial charge in [-0.3, -0.25) is 9.69 Å². The van der Waals surface area contributed by atoms with E-state index in [1.807, 2.05) is 19.1 Å². The number of amides is 1. The lowest BCUT2D eigenvalue weighted by Gasteiger charge is -2.30. The fraction of sp³-hybridized carbons (Fsp3) is 0.529. The van der Waals surface area contributed by atoms with Gasteiger partial charge in [0.05, 0.1) is 7.11 Å². The van der Waals surface area contributed by atoms with Gasteiger partial charge in [-0.25, -0.2) is 0 Å². The van der Waals surface area contributed by atoms with Crippen LogP contribution in [-0.2, 0) is 17.8 Å². The highest BCUT2D eigenvalue weighted by atomic mass is 16.5. The number of methoxy groups -OCH3 is 1. The lowest BCUT2D eigenvalue weighted by atomic mass is 9.84. The van der Waals surface area contributed by atoms with Crippen molar-refractivity contribution >= 4 is 25.4 Å². The highest BCUT2D eigenvalue weighted by molar-refractivity contribution is 6.33. The number of oxime groups is 1. The first-order chi connectivity index (χ1) is 11.5. The van der Waals surface area contributed by atoms with Gasteiger partial charge >= 0.3 is 0 Å². The van der Waals surface area contributed by atoms with Crippen molar-refractivity contribution in [1.29, 1.82) is 0 Å². The summed E-state index contributed by atoms with van der Waals surface area (Å²) in [4.78, 5) is 13.8. The van der Waals surface area contributed by atoms with Crippen LogP contribution >= 0.6 is 0 Å². The highest BCUT2D eigenvalue weighted by Crippen LogP contribution is 2.26. The van der Waals surface area contributed by atoms with E-state index >= 15 is 0 Å². The van der Waals surface area contributed by atoms with Crippen molar-refractivity contribution in [2.45, 2.75) is 38.8 Å². The van der Waals surface area contributed by atoms with Crippen LogP contribution in [0.25, 0.3) is 0 Å². The van der Waals surface area contributed by atoms with Gasteiger partial charge in [-0.1, -0.05) is 16.7 Å². The molecule has 0 saturated carbocycles. The monoisotopic (exact) mass is 329 g/mol. The van der Waals surface area contributed by atoms with Crippen molar-refractivity contribution < 1.29 is 14.7 Å². The SMILES string of the molecule is [B]c1ccc(OC)c2c1CN(C[C@H](C)NC(=O)/C=N\O)CCCC2. The molecule has 1 aliphatic rings. The van der Waals surface area contributed by atoms with Crippen LogP contribution < -0.4 is 15.5 Å². The summed E-state index contributed by atoms with van der Waals surface area (Å²) in [6, 6.07) is 3.75. The second-order valence-electron chi connectivity index (χ2n) is 6.16. The summed E-state index contributed by atoms with van der Waals surface area (Å²) in [7, 11) is 7.88. The smallest absolute Gasteiger partial charge is 0.266 e. The van der Waals surface area contributed by atoms with Crippen molar-refractivity contribution in [2.75, 3.05) is 20.2 Å². The molecule has 0 unspecified atom stereocenters. The van der Waals surface area contributed by atoms with Crippen LogP contribution in [0.15, 0.2) is 17.3 Å². The number of hydrogen-bond donors (Lipinski definition) is 2. The Hall–Kier alpha value is -2.02. The molecule has 1 heterocycles. The molecule has 0 spiro atoms. The first-order valence-corrected chi connectivity index (χ1v) is 8.19. The Kier molecular flexibility index (Phi) is 6.67. The minimum Gasteiger partial charge on any atom is -0.496 e. The van der Waals surface area contributed by atoms with Crippen LogP contribution in [0.5, 0.6) is 5.75 Å². The summed E-state index contributed by atoms with van der Waals surface area (Å²) in [6.45, 7) is 4.30. The molecule has 1 aliphatic heterocycles. The van der Waals surface area contributed by atoms with Gasteiger partial charge in [-0.05, 0) is 49.9 Å². The topological polar surface area (TPSA) is 74.2 Å². The number of hydrogen-bond acceptors (Lipinski definition) is 5. The molecule has 0 saturated heterocycles. The van der Waals surface area contributed by atoms with Gasteiger partial charge in [0.1, 0.15) is 19.8 Å². The molecule has 7 heteroatoms. The molecule has 0 fully saturated rings. The number of carbonyl (C=O) groups excluding carboxylic acids is 1. The van der Waals surface area contributed by atoms with E-state index in [4.69, 9.17) is 17.8 Å². The number of ether oxygens (including phenoxy) is 1. The van der Waals surface area contributed by atoms with Gasteiger partial charge in [-0.2, -0.15) is 0 Å². The standard InChI is InChI=1S/C17H24BN3O3/c1-12(20-17(22)9-19-23)10-21-8-4-3-5-13-14(11-21)15(18)6-7-16(13)24-2/h6-7,9,12,23H,3-5,8,10-11H2,1-2H3,(H,20,22)/b19-9-/t12-/m0/s1. The summed E-state index contributed by atoms with van der Waals surface area (Å²) in [5.41, 5.74) is 3.08. The molecular formula is C17H24BN3O3. The Morgan fingerprint density at radius 3 is 3.00 bits per heavy atom. The normalized spacial score (nSPS) is 16.9. The maximum atomic E-state index is 11.5. The van der Waals surface area contributed by atoms with E-state index in [0.29, 0.717) is 6.54 Å². The molecular weight excluding hydrogens is 305 g/mol. The average Bonchev–Trinajstić information content (AvgIpc) is 2.51. The van der Waals surface area contributed by atoms with Crippen LogP contribution in [0.3, 0.4) is 0 Å². The zero-order valence-corrected chi connectivity index (χ0v) is 14.3. The van der Waals surface area contributed by atoms with Crippen LogP contribution in [0.1, 0.15) is 30.9 Å². The summed E-state index contributed by atoms with van der Waals surface area (Å²) in [5, 5.41) is 13.9. The Labute approximate surface area is 144 Å². The lowest BCUT2D eigenvalue weighted by molar-refractivity contribution is -0.115. The lowest BCUT2D eigenvalue weighted by Crippen LogP contribution is -2.43.